The largest absolute Gasteiger partial charge is 0.311 e. The second kappa shape index (κ2) is 6.01. The Balaban J connectivity index is 1.85. The van der Waals surface area contributed by atoms with Gasteiger partial charge >= 0.3 is 0 Å². The Hall–Kier alpha value is -0.940. The van der Waals surface area contributed by atoms with Crippen LogP contribution in [0, 0.1) is 5.41 Å². The highest BCUT2D eigenvalue weighted by molar-refractivity contribution is 7.14. The molecule has 0 aliphatic heterocycles. The molecule has 0 unspecified atom stereocenters. The number of amides is 1. The first kappa shape index (κ1) is 14.5. The second-order valence-electron chi connectivity index (χ2n) is 5.65. The third-order valence-corrected chi connectivity index (χ3v) is 4.80. The number of hydrogen-bond acceptors (Lipinski definition) is 4. The van der Waals surface area contributed by atoms with E-state index >= 15 is 0 Å². The molecule has 1 saturated carbocycles. The molecule has 1 aliphatic carbocycles. The maximum absolute atomic E-state index is 11.5. The van der Waals surface area contributed by atoms with Gasteiger partial charge in [-0.1, -0.05) is 13.3 Å². The van der Waals surface area contributed by atoms with Gasteiger partial charge in [-0.05, 0) is 25.2 Å². The summed E-state index contributed by atoms with van der Waals surface area (Å²) in [6.07, 6.45) is 4.02. The SMILES string of the molecule is CCN(C(C)=O)c1nc(CNCC2(C)CCC2)cs1. The summed E-state index contributed by atoms with van der Waals surface area (Å²) >= 11 is 1.54. The fourth-order valence-electron chi connectivity index (χ4n) is 2.44. The molecule has 5 heteroatoms. The highest BCUT2D eigenvalue weighted by Gasteiger charge is 2.30. The van der Waals surface area contributed by atoms with Gasteiger partial charge in [0.25, 0.3) is 0 Å². The molecule has 1 amide bonds. The molecule has 4 nitrogen and oxygen atoms in total. The zero-order valence-corrected chi connectivity index (χ0v) is 12.8. The molecule has 0 spiro atoms. The predicted octanol–water partition coefficient (Wildman–Crippen LogP) is 2.80. The minimum Gasteiger partial charge on any atom is -0.311 e. The van der Waals surface area contributed by atoms with Gasteiger partial charge in [-0.3, -0.25) is 9.69 Å². The summed E-state index contributed by atoms with van der Waals surface area (Å²) in [7, 11) is 0. The van der Waals surface area contributed by atoms with Gasteiger partial charge < -0.3 is 5.32 Å². The van der Waals surface area contributed by atoms with Crippen LogP contribution in [0.1, 0.15) is 45.7 Å². The minimum atomic E-state index is 0.0540. The molecule has 19 heavy (non-hydrogen) atoms. The molecular weight excluding hydrogens is 258 g/mol. The van der Waals surface area contributed by atoms with Crippen LogP contribution in [0.4, 0.5) is 5.13 Å². The Kier molecular flexibility index (Phi) is 4.58. The van der Waals surface area contributed by atoms with Gasteiger partial charge in [0.1, 0.15) is 0 Å². The predicted molar refractivity (Wildman–Crippen MR) is 79.5 cm³/mol. The molecule has 2 rings (SSSR count). The van der Waals surface area contributed by atoms with E-state index < -0.39 is 0 Å². The Morgan fingerprint density at radius 1 is 1.58 bits per heavy atom. The lowest BCUT2D eigenvalue weighted by molar-refractivity contribution is -0.116. The van der Waals surface area contributed by atoms with E-state index in [0.29, 0.717) is 12.0 Å². The van der Waals surface area contributed by atoms with Crippen molar-refractivity contribution in [3.63, 3.8) is 0 Å². The molecular formula is C14H23N3OS. The number of aromatic nitrogens is 1. The average molecular weight is 281 g/mol. The van der Waals surface area contributed by atoms with Crippen LogP contribution in [0.3, 0.4) is 0 Å². The third kappa shape index (κ3) is 3.54. The van der Waals surface area contributed by atoms with Crippen molar-refractivity contribution < 1.29 is 4.79 Å². The van der Waals surface area contributed by atoms with Crippen LogP contribution in [-0.4, -0.2) is 24.0 Å². The third-order valence-electron chi connectivity index (χ3n) is 3.89. The fourth-order valence-corrected chi connectivity index (χ4v) is 3.38. The second-order valence-corrected chi connectivity index (χ2v) is 6.49. The first-order chi connectivity index (χ1) is 9.04. The molecule has 106 valence electrons. The zero-order chi connectivity index (χ0) is 13.9. The van der Waals surface area contributed by atoms with Gasteiger partial charge in [0.05, 0.1) is 5.69 Å². The molecule has 1 aliphatic rings. The van der Waals surface area contributed by atoms with Crippen LogP contribution in [0.15, 0.2) is 5.38 Å². The lowest BCUT2D eigenvalue weighted by Crippen LogP contribution is -2.37. The standard InChI is InChI=1S/C14H23N3OS/c1-4-17(11(2)18)13-16-12(9-19-13)8-15-10-14(3)6-5-7-14/h9,15H,4-8,10H2,1-3H3. The number of carbonyl (C=O) groups excluding carboxylic acids is 1. The Labute approximate surface area is 119 Å². The lowest BCUT2D eigenvalue weighted by atomic mass is 9.70. The van der Waals surface area contributed by atoms with Gasteiger partial charge in [0, 0.05) is 31.9 Å². The van der Waals surface area contributed by atoms with Gasteiger partial charge in [0.15, 0.2) is 5.13 Å². The van der Waals surface area contributed by atoms with E-state index in [4.69, 9.17) is 0 Å². The smallest absolute Gasteiger partial charge is 0.225 e. The summed E-state index contributed by atoms with van der Waals surface area (Å²) in [5.74, 6) is 0.0540. The van der Waals surface area contributed by atoms with E-state index in [1.165, 1.54) is 19.3 Å². The van der Waals surface area contributed by atoms with Crippen molar-refractivity contribution in [3.05, 3.63) is 11.1 Å². The van der Waals surface area contributed by atoms with Gasteiger partial charge in [-0.2, -0.15) is 0 Å². The van der Waals surface area contributed by atoms with Crippen LogP contribution in [0.5, 0.6) is 0 Å². The number of carbonyl (C=O) groups is 1. The number of anilines is 1. The zero-order valence-electron chi connectivity index (χ0n) is 12.0. The molecule has 1 heterocycles. The minimum absolute atomic E-state index is 0.0540. The molecule has 1 aromatic heterocycles. The average Bonchev–Trinajstić information content (AvgIpc) is 2.76. The van der Waals surface area contributed by atoms with Crippen molar-refractivity contribution in [2.45, 2.75) is 46.6 Å². The van der Waals surface area contributed by atoms with E-state index in [2.05, 4.69) is 17.2 Å². The Morgan fingerprint density at radius 2 is 2.32 bits per heavy atom. The van der Waals surface area contributed by atoms with Gasteiger partial charge in [-0.25, -0.2) is 4.98 Å². The molecule has 1 fully saturated rings. The van der Waals surface area contributed by atoms with E-state index in [-0.39, 0.29) is 5.91 Å². The summed E-state index contributed by atoms with van der Waals surface area (Å²) in [5.41, 5.74) is 1.52. The quantitative estimate of drug-likeness (QED) is 0.872. The Bertz CT molecular complexity index is 440. The van der Waals surface area contributed by atoms with Crippen LogP contribution in [-0.2, 0) is 11.3 Å². The van der Waals surface area contributed by atoms with Crippen molar-refractivity contribution in [3.8, 4) is 0 Å². The highest BCUT2D eigenvalue weighted by atomic mass is 32.1. The van der Waals surface area contributed by atoms with E-state index in [9.17, 15) is 4.79 Å². The van der Waals surface area contributed by atoms with Crippen molar-refractivity contribution in [1.82, 2.24) is 10.3 Å². The van der Waals surface area contributed by atoms with Crippen LogP contribution in [0.2, 0.25) is 0 Å². The number of thiazole rings is 1. The Morgan fingerprint density at radius 3 is 2.84 bits per heavy atom. The maximum atomic E-state index is 11.5. The molecule has 0 saturated heterocycles. The van der Waals surface area contributed by atoms with Crippen molar-refractivity contribution in [2.75, 3.05) is 18.0 Å². The summed E-state index contributed by atoms with van der Waals surface area (Å²) in [6, 6.07) is 0. The van der Waals surface area contributed by atoms with Gasteiger partial charge in [0.2, 0.25) is 5.91 Å². The van der Waals surface area contributed by atoms with E-state index in [0.717, 1.165) is 23.9 Å². The van der Waals surface area contributed by atoms with Crippen LogP contribution >= 0.6 is 11.3 Å². The topological polar surface area (TPSA) is 45.2 Å². The van der Waals surface area contributed by atoms with E-state index in [1.54, 1.807) is 23.2 Å². The summed E-state index contributed by atoms with van der Waals surface area (Å²) in [4.78, 5) is 17.7. The summed E-state index contributed by atoms with van der Waals surface area (Å²) < 4.78 is 0. The summed E-state index contributed by atoms with van der Waals surface area (Å²) in [6.45, 7) is 8.42. The van der Waals surface area contributed by atoms with Crippen molar-refractivity contribution in [1.29, 1.82) is 0 Å². The molecule has 0 bridgehead atoms. The van der Waals surface area contributed by atoms with Crippen molar-refractivity contribution in [2.24, 2.45) is 5.41 Å². The van der Waals surface area contributed by atoms with Crippen LogP contribution < -0.4 is 10.2 Å². The first-order valence-electron chi connectivity index (χ1n) is 6.97. The number of nitrogens with zero attached hydrogens (tertiary/aromatic N) is 2. The lowest BCUT2D eigenvalue weighted by Gasteiger charge is -2.38. The number of hydrogen-bond donors (Lipinski definition) is 1. The highest BCUT2D eigenvalue weighted by Crippen LogP contribution is 2.39. The van der Waals surface area contributed by atoms with Crippen molar-refractivity contribution >= 4 is 22.4 Å². The molecule has 1 N–H and O–H groups in total. The number of rotatable bonds is 6. The van der Waals surface area contributed by atoms with Crippen LogP contribution in [0.25, 0.3) is 0 Å². The molecule has 1 aromatic rings. The monoisotopic (exact) mass is 281 g/mol. The molecule has 0 atom stereocenters. The fraction of sp³-hybridized carbons (Fsp3) is 0.714. The molecule has 0 radical (unpaired) electrons. The molecule has 0 aromatic carbocycles. The number of nitrogens with one attached hydrogen (secondary N) is 1. The van der Waals surface area contributed by atoms with Gasteiger partial charge in [-0.15, -0.1) is 11.3 Å². The van der Waals surface area contributed by atoms with E-state index in [1.807, 2.05) is 12.3 Å². The normalized spacial score (nSPS) is 17.0. The first-order valence-corrected chi connectivity index (χ1v) is 7.85. The summed E-state index contributed by atoms with van der Waals surface area (Å²) in [5, 5.41) is 6.33. The maximum Gasteiger partial charge on any atom is 0.225 e.